The maximum atomic E-state index is 7.60. The van der Waals surface area contributed by atoms with E-state index in [0.717, 1.165) is 0 Å². The van der Waals surface area contributed by atoms with Crippen LogP contribution in [0.5, 0.6) is 0 Å². The molecule has 0 fully saturated rings. The van der Waals surface area contributed by atoms with Gasteiger partial charge in [0.25, 0.3) is 0 Å². The van der Waals surface area contributed by atoms with Gasteiger partial charge in [0.1, 0.15) is 0 Å². The van der Waals surface area contributed by atoms with Gasteiger partial charge in [-0.05, 0) is 17.8 Å². The summed E-state index contributed by atoms with van der Waals surface area (Å²) in [5.41, 5.74) is 1.79. The molecule has 0 aliphatic carbocycles. The molecule has 0 aliphatic heterocycles. The molecule has 2 heteroatoms. The van der Waals surface area contributed by atoms with Crippen molar-refractivity contribution in [1.82, 2.24) is 5.32 Å². The highest BCUT2D eigenvalue weighted by atomic mass is 14.8. The molecule has 0 amide bonds. The average Bonchev–Trinajstić information content (AvgIpc) is 2.16. The van der Waals surface area contributed by atoms with Crippen LogP contribution in [0, 0.1) is 5.41 Å². The third-order valence-electron chi connectivity index (χ3n) is 1.69. The maximum absolute atomic E-state index is 7.60. The minimum atomic E-state index is 0.612. The fourth-order valence-electron chi connectivity index (χ4n) is 1.06. The second-order valence-corrected chi connectivity index (χ2v) is 2.81. The van der Waals surface area contributed by atoms with Gasteiger partial charge in [-0.25, -0.2) is 0 Å². The van der Waals surface area contributed by atoms with Crippen LogP contribution < -0.4 is 5.32 Å². The molecule has 0 atom stereocenters. The van der Waals surface area contributed by atoms with Crippen LogP contribution in [0.25, 0.3) is 0 Å². The van der Waals surface area contributed by atoms with Crippen molar-refractivity contribution in [3.63, 3.8) is 0 Å². The highest BCUT2D eigenvalue weighted by Gasteiger charge is 1.93. The Bertz CT molecular complexity index is 288. The highest BCUT2D eigenvalue weighted by Crippen LogP contribution is 2.00. The van der Waals surface area contributed by atoms with Crippen LogP contribution in [0.2, 0.25) is 0 Å². The fourth-order valence-corrected chi connectivity index (χ4v) is 1.06. The summed E-state index contributed by atoms with van der Waals surface area (Å²) in [6, 6.07) is 10.0. The van der Waals surface area contributed by atoms with Gasteiger partial charge in [0.2, 0.25) is 0 Å². The second-order valence-electron chi connectivity index (χ2n) is 2.81. The molecule has 2 N–H and O–H groups in total. The monoisotopic (exact) mass is 174 g/mol. The van der Waals surface area contributed by atoms with E-state index in [1.165, 1.54) is 5.56 Å². The third-order valence-corrected chi connectivity index (χ3v) is 1.69. The Balaban J connectivity index is 2.50. The van der Waals surface area contributed by atoms with Crippen molar-refractivity contribution in [1.29, 1.82) is 5.41 Å². The summed E-state index contributed by atoms with van der Waals surface area (Å²) < 4.78 is 0. The van der Waals surface area contributed by atoms with Crippen LogP contribution in [-0.2, 0) is 6.42 Å². The van der Waals surface area contributed by atoms with Gasteiger partial charge in [0.05, 0.1) is 0 Å². The van der Waals surface area contributed by atoms with Gasteiger partial charge < -0.3 is 10.7 Å². The van der Waals surface area contributed by atoms with Crippen molar-refractivity contribution in [3.05, 3.63) is 48.2 Å². The largest absolute Gasteiger partial charge is 0.394 e. The zero-order valence-electron chi connectivity index (χ0n) is 7.75. The lowest BCUT2D eigenvalue weighted by atomic mass is 10.1. The molecule has 1 aromatic carbocycles. The Morgan fingerprint density at radius 2 is 2.08 bits per heavy atom. The number of hydrogen-bond donors (Lipinski definition) is 2. The van der Waals surface area contributed by atoms with E-state index < -0.39 is 0 Å². The summed E-state index contributed by atoms with van der Waals surface area (Å²) in [6.07, 6.45) is 4.23. The molecule has 0 aromatic heterocycles. The molecule has 68 valence electrons. The molecule has 0 spiro atoms. The predicted molar refractivity (Wildman–Crippen MR) is 56.1 cm³/mol. The molecule has 2 nitrogen and oxygen atoms in total. The summed E-state index contributed by atoms with van der Waals surface area (Å²) in [7, 11) is 1.83. The Morgan fingerprint density at radius 1 is 1.38 bits per heavy atom. The molecule has 0 bridgehead atoms. The minimum Gasteiger partial charge on any atom is -0.394 e. The number of rotatable bonds is 4. The van der Waals surface area contributed by atoms with E-state index in [1.807, 2.05) is 37.4 Å². The van der Waals surface area contributed by atoms with Crippen molar-refractivity contribution in [2.75, 3.05) is 7.05 Å². The van der Waals surface area contributed by atoms with Crippen molar-refractivity contribution in [3.8, 4) is 0 Å². The summed E-state index contributed by atoms with van der Waals surface area (Å²) in [5.74, 6) is 0. The predicted octanol–water partition coefficient (Wildman–Crippen LogP) is 1.98. The SMILES string of the molecule is CN/C=C\C(=N)Cc1ccccc1. The standard InChI is InChI=1S/C11H14N2/c1-13-8-7-11(12)9-10-5-3-2-4-6-10/h2-8,12-13H,9H2,1H3/b8-7-,12-11?. The van der Waals surface area contributed by atoms with Crippen molar-refractivity contribution in [2.24, 2.45) is 0 Å². The van der Waals surface area contributed by atoms with Crippen LogP contribution in [0.3, 0.4) is 0 Å². The number of hydrogen-bond acceptors (Lipinski definition) is 2. The van der Waals surface area contributed by atoms with E-state index in [9.17, 15) is 0 Å². The maximum Gasteiger partial charge on any atom is 0.0372 e. The van der Waals surface area contributed by atoms with E-state index in [2.05, 4.69) is 5.32 Å². The molecule has 0 saturated heterocycles. The normalized spacial score (nSPS) is 10.2. The van der Waals surface area contributed by atoms with Gasteiger partial charge in [-0.2, -0.15) is 0 Å². The molecule has 1 rings (SSSR count). The van der Waals surface area contributed by atoms with Crippen molar-refractivity contribution in [2.45, 2.75) is 6.42 Å². The average molecular weight is 174 g/mol. The van der Waals surface area contributed by atoms with Gasteiger partial charge >= 0.3 is 0 Å². The lowest BCUT2D eigenvalue weighted by Crippen LogP contribution is -2.00. The van der Waals surface area contributed by atoms with Crippen LogP contribution in [-0.4, -0.2) is 12.8 Å². The van der Waals surface area contributed by atoms with E-state index in [4.69, 9.17) is 5.41 Å². The van der Waals surface area contributed by atoms with Crippen LogP contribution in [0.15, 0.2) is 42.6 Å². The van der Waals surface area contributed by atoms with E-state index in [0.29, 0.717) is 12.1 Å². The van der Waals surface area contributed by atoms with Gasteiger partial charge in [0, 0.05) is 19.2 Å². The fraction of sp³-hybridized carbons (Fsp3) is 0.182. The van der Waals surface area contributed by atoms with Crippen molar-refractivity contribution >= 4 is 5.71 Å². The van der Waals surface area contributed by atoms with Crippen LogP contribution >= 0.6 is 0 Å². The van der Waals surface area contributed by atoms with Gasteiger partial charge in [-0.1, -0.05) is 30.3 Å². The smallest absolute Gasteiger partial charge is 0.0372 e. The summed E-state index contributed by atoms with van der Waals surface area (Å²) in [5, 5.41) is 10.5. The topological polar surface area (TPSA) is 35.9 Å². The Kier molecular flexibility index (Phi) is 3.76. The van der Waals surface area contributed by atoms with E-state index in [1.54, 1.807) is 12.3 Å². The highest BCUT2D eigenvalue weighted by molar-refractivity contribution is 5.93. The molecule has 0 saturated carbocycles. The van der Waals surface area contributed by atoms with E-state index in [-0.39, 0.29) is 0 Å². The molecule has 0 heterocycles. The first-order chi connectivity index (χ1) is 6.33. The first kappa shape index (κ1) is 9.52. The Hall–Kier alpha value is -1.57. The first-order valence-corrected chi connectivity index (χ1v) is 4.28. The molecular formula is C11H14N2. The van der Waals surface area contributed by atoms with Gasteiger partial charge in [-0.15, -0.1) is 0 Å². The van der Waals surface area contributed by atoms with Crippen LogP contribution in [0.1, 0.15) is 5.56 Å². The second kappa shape index (κ2) is 5.14. The molecule has 13 heavy (non-hydrogen) atoms. The molecule has 0 aliphatic rings. The zero-order chi connectivity index (χ0) is 9.52. The minimum absolute atomic E-state index is 0.612. The quantitative estimate of drug-likeness (QED) is 0.673. The Labute approximate surface area is 78.8 Å². The lowest BCUT2D eigenvalue weighted by Gasteiger charge is -1.98. The zero-order valence-corrected chi connectivity index (χ0v) is 7.75. The first-order valence-electron chi connectivity index (χ1n) is 4.28. The van der Waals surface area contributed by atoms with Crippen LogP contribution in [0.4, 0.5) is 0 Å². The molecule has 1 aromatic rings. The number of allylic oxidation sites excluding steroid dienone is 1. The third kappa shape index (κ3) is 3.56. The summed E-state index contributed by atoms with van der Waals surface area (Å²) in [4.78, 5) is 0. The number of benzene rings is 1. The van der Waals surface area contributed by atoms with E-state index >= 15 is 0 Å². The van der Waals surface area contributed by atoms with Gasteiger partial charge in [0.15, 0.2) is 0 Å². The van der Waals surface area contributed by atoms with Gasteiger partial charge in [-0.3, -0.25) is 0 Å². The molecular weight excluding hydrogens is 160 g/mol. The Morgan fingerprint density at radius 3 is 2.69 bits per heavy atom. The van der Waals surface area contributed by atoms with Crippen molar-refractivity contribution < 1.29 is 0 Å². The summed E-state index contributed by atoms with van der Waals surface area (Å²) >= 11 is 0. The lowest BCUT2D eigenvalue weighted by molar-refractivity contribution is 1.10. The molecule has 0 unspecified atom stereocenters. The number of nitrogens with one attached hydrogen (secondary N) is 2. The molecule has 0 radical (unpaired) electrons. The summed E-state index contributed by atoms with van der Waals surface area (Å²) in [6.45, 7) is 0.